The highest BCUT2D eigenvalue weighted by molar-refractivity contribution is 6.34. The van der Waals surface area contributed by atoms with Gasteiger partial charge in [0.25, 0.3) is 5.91 Å². The van der Waals surface area contributed by atoms with Crippen LogP contribution in [0.15, 0.2) is 18.2 Å². The molecule has 0 heterocycles. The molecule has 1 aliphatic carbocycles. The van der Waals surface area contributed by atoms with Crippen LogP contribution in [0.2, 0.25) is 5.02 Å². The molecule has 0 unspecified atom stereocenters. The number of nitrogens with one attached hydrogen (secondary N) is 2. The Bertz CT molecular complexity index is 617. The van der Waals surface area contributed by atoms with E-state index in [1.54, 1.807) is 18.2 Å². The molecule has 0 atom stereocenters. The van der Waals surface area contributed by atoms with Gasteiger partial charge in [0.05, 0.1) is 10.6 Å². The van der Waals surface area contributed by atoms with Gasteiger partial charge in [0.2, 0.25) is 5.91 Å². The van der Waals surface area contributed by atoms with E-state index in [0.717, 1.165) is 32.1 Å². The third kappa shape index (κ3) is 6.15. The summed E-state index contributed by atoms with van der Waals surface area (Å²) in [4.78, 5) is 24.4. The molecule has 0 spiro atoms. The molecule has 4 N–H and O–H groups in total. The van der Waals surface area contributed by atoms with E-state index in [2.05, 4.69) is 10.6 Å². The summed E-state index contributed by atoms with van der Waals surface area (Å²) in [6.45, 7) is 3.13. The standard InChI is InChI=1S/C19H28ClN3O2.ClH/c1-2-10-22-18(25)15-7-6-14(11-16(15)20)23-17(24)12-19(13-21)8-4-3-5-9-19;/h6-7,11H,2-5,8-10,12-13,21H2,1H3,(H,22,25)(H,23,24);1H. The van der Waals surface area contributed by atoms with Crippen LogP contribution in [0.3, 0.4) is 0 Å². The first-order valence-corrected chi connectivity index (χ1v) is 9.45. The number of nitrogens with two attached hydrogens (primary N) is 1. The van der Waals surface area contributed by atoms with Crippen molar-refractivity contribution in [2.75, 3.05) is 18.4 Å². The van der Waals surface area contributed by atoms with E-state index < -0.39 is 0 Å². The van der Waals surface area contributed by atoms with Gasteiger partial charge in [-0.05, 0) is 49.4 Å². The van der Waals surface area contributed by atoms with Crippen molar-refractivity contribution in [3.8, 4) is 0 Å². The number of hydrogen-bond acceptors (Lipinski definition) is 3. The lowest BCUT2D eigenvalue weighted by molar-refractivity contribution is -0.118. The minimum atomic E-state index is -0.200. The van der Waals surface area contributed by atoms with Gasteiger partial charge in [0.1, 0.15) is 0 Å². The van der Waals surface area contributed by atoms with Crippen LogP contribution in [-0.4, -0.2) is 24.9 Å². The molecule has 5 nitrogen and oxygen atoms in total. The Labute approximate surface area is 166 Å². The second kappa shape index (κ2) is 10.8. The largest absolute Gasteiger partial charge is 0.352 e. The zero-order valence-corrected chi connectivity index (χ0v) is 16.8. The maximum atomic E-state index is 12.4. The van der Waals surface area contributed by atoms with E-state index >= 15 is 0 Å². The first-order valence-electron chi connectivity index (χ1n) is 9.07. The molecule has 7 heteroatoms. The average Bonchev–Trinajstić information content (AvgIpc) is 2.60. The van der Waals surface area contributed by atoms with Crippen molar-refractivity contribution in [3.63, 3.8) is 0 Å². The summed E-state index contributed by atoms with van der Waals surface area (Å²) in [5.74, 6) is -0.249. The Morgan fingerprint density at radius 2 is 1.92 bits per heavy atom. The zero-order valence-electron chi connectivity index (χ0n) is 15.3. The number of anilines is 1. The number of halogens is 2. The first-order chi connectivity index (χ1) is 12.0. The van der Waals surface area contributed by atoms with E-state index in [1.807, 2.05) is 6.92 Å². The number of carbonyl (C=O) groups excluding carboxylic acids is 2. The van der Waals surface area contributed by atoms with E-state index in [1.165, 1.54) is 6.42 Å². The Morgan fingerprint density at radius 1 is 1.23 bits per heavy atom. The second-order valence-electron chi connectivity index (χ2n) is 6.94. The minimum Gasteiger partial charge on any atom is -0.352 e. The van der Waals surface area contributed by atoms with Crippen LogP contribution >= 0.6 is 24.0 Å². The molecule has 0 radical (unpaired) electrons. The first kappa shape index (κ1) is 22.7. The van der Waals surface area contributed by atoms with Crippen LogP contribution in [-0.2, 0) is 4.79 Å². The monoisotopic (exact) mass is 401 g/mol. The Balaban J connectivity index is 0.00000338. The van der Waals surface area contributed by atoms with Crippen LogP contribution < -0.4 is 16.4 Å². The van der Waals surface area contributed by atoms with Crippen LogP contribution in [0.5, 0.6) is 0 Å². The number of rotatable bonds is 7. The molecule has 1 aliphatic rings. The molecule has 1 saturated carbocycles. The summed E-state index contributed by atoms with van der Waals surface area (Å²) in [7, 11) is 0. The summed E-state index contributed by atoms with van der Waals surface area (Å²) in [6, 6.07) is 4.97. The fourth-order valence-electron chi connectivity index (χ4n) is 3.41. The highest BCUT2D eigenvalue weighted by atomic mass is 35.5. The topological polar surface area (TPSA) is 84.2 Å². The van der Waals surface area contributed by atoms with Gasteiger partial charge in [-0.15, -0.1) is 12.4 Å². The minimum absolute atomic E-state index is 0. The molecule has 0 aliphatic heterocycles. The summed E-state index contributed by atoms with van der Waals surface area (Å²) in [5, 5.41) is 6.01. The van der Waals surface area contributed by atoms with Gasteiger partial charge in [0.15, 0.2) is 0 Å². The van der Waals surface area contributed by atoms with Gasteiger partial charge < -0.3 is 16.4 Å². The molecule has 0 saturated heterocycles. The number of amides is 2. The van der Waals surface area contributed by atoms with Crippen LogP contribution in [0.25, 0.3) is 0 Å². The lowest BCUT2D eigenvalue weighted by Crippen LogP contribution is -2.36. The number of hydrogen-bond donors (Lipinski definition) is 3. The molecule has 1 aromatic carbocycles. The van der Waals surface area contributed by atoms with Gasteiger partial charge in [-0.3, -0.25) is 9.59 Å². The fraction of sp³-hybridized carbons (Fsp3) is 0.579. The second-order valence-corrected chi connectivity index (χ2v) is 7.35. The number of carbonyl (C=O) groups is 2. The van der Waals surface area contributed by atoms with E-state index in [9.17, 15) is 9.59 Å². The van der Waals surface area contributed by atoms with Gasteiger partial charge in [-0.25, -0.2) is 0 Å². The molecule has 1 aromatic rings. The molecule has 2 rings (SSSR count). The summed E-state index contributed by atoms with van der Waals surface area (Å²) >= 11 is 6.20. The lowest BCUT2D eigenvalue weighted by atomic mass is 9.71. The molecular formula is C19H29Cl2N3O2. The summed E-state index contributed by atoms with van der Waals surface area (Å²) in [5.41, 5.74) is 6.89. The Kier molecular flexibility index (Phi) is 9.41. The highest BCUT2D eigenvalue weighted by Gasteiger charge is 2.33. The SMILES string of the molecule is CCCNC(=O)c1ccc(NC(=O)CC2(CN)CCCCC2)cc1Cl.Cl. The predicted molar refractivity (Wildman–Crippen MR) is 109 cm³/mol. The smallest absolute Gasteiger partial charge is 0.252 e. The van der Waals surface area contributed by atoms with E-state index in [0.29, 0.717) is 35.8 Å². The van der Waals surface area contributed by atoms with Crippen molar-refractivity contribution < 1.29 is 9.59 Å². The summed E-state index contributed by atoms with van der Waals surface area (Å²) < 4.78 is 0. The van der Waals surface area contributed by atoms with Crippen LogP contribution in [0, 0.1) is 5.41 Å². The maximum Gasteiger partial charge on any atom is 0.252 e. The third-order valence-electron chi connectivity index (χ3n) is 4.92. The van der Waals surface area contributed by atoms with Crippen molar-refractivity contribution >= 4 is 41.5 Å². The van der Waals surface area contributed by atoms with Crippen LogP contribution in [0.4, 0.5) is 5.69 Å². The Hall–Kier alpha value is -1.30. The third-order valence-corrected chi connectivity index (χ3v) is 5.23. The van der Waals surface area contributed by atoms with Crippen molar-refractivity contribution in [2.24, 2.45) is 11.1 Å². The van der Waals surface area contributed by atoms with Crippen molar-refractivity contribution in [3.05, 3.63) is 28.8 Å². The maximum absolute atomic E-state index is 12.4. The fourth-order valence-corrected chi connectivity index (χ4v) is 3.68. The number of benzene rings is 1. The van der Waals surface area contributed by atoms with E-state index in [-0.39, 0.29) is 29.6 Å². The summed E-state index contributed by atoms with van der Waals surface area (Å²) in [6.07, 6.45) is 6.80. The molecular weight excluding hydrogens is 373 g/mol. The van der Waals surface area contributed by atoms with Gasteiger partial charge in [-0.1, -0.05) is 37.8 Å². The molecule has 0 bridgehead atoms. The quantitative estimate of drug-likeness (QED) is 0.641. The molecule has 26 heavy (non-hydrogen) atoms. The van der Waals surface area contributed by atoms with Gasteiger partial charge in [0, 0.05) is 18.7 Å². The van der Waals surface area contributed by atoms with Crippen molar-refractivity contribution in [2.45, 2.75) is 51.9 Å². The van der Waals surface area contributed by atoms with E-state index in [4.69, 9.17) is 17.3 Å². The molecule has 2 amide bonds. The predicted octanol–water partition coefficient (Wildman–Crippen LogP) is 4.14. The van der Waals surface area contributed by atoms with Crippen molar-refractivity contribution in [1.82, 2.24) is 5.32 Å². The average molecular weight is 402 g/mol. The normalized spacial score (nSPS) is 15.7. The lowest BCUT2D eigenvalue weighted by Gasteiger charge is -2.35. The highest BCUT2D eigenvalue weighted by Crippen LogP contribution is 2.38. The van der Waals surface area contributed by atoms with Gasteiger partial charge in [-0.2, -0.15) is 0 Å². The Morgan fingerprint density at radius 3 is 2.50 bits per heavy atom. The van der Waals surface area contributed by atoms with Crippen molar-refractivity contribution in [1.29, 1.82) is 0 Å². The molecule has 0 aromatic heterocycles. The van der Waals surface area contributed by atoms with Gasteiger partial charge >= 0.3 is 0 Å². The zero-order chi connectivity index (χ0) is 18.3. The van der Waals surface area contributed by atoms with Crippen LogP contribution in [0.1, 0.15) is 62.2 Å². The molecule has 1 fully saturated rings. The molecule has 146 valence electrons.